The summed E-state index contributed by atoms with van der Waals surface area (Å²) in [7, 11) is 0. The summed E-state index contributed by atoms with van der Waals surface area (Å²) in [5.74, 6) is -0.115. The third kappa shape index (κ3) is 5.39. The Hall–Kier alpha value is -2.08. The zero-order valence-electron chi connectivity index (χ0n) is 11.0. The predicted octanol–water partition coefficient (Wildman–Crippen LogP) is 1.49. The van der Waals surface area contributed by atoms with Crippen molar-refractivity contribution in [2.75, 3.05) is 17.2 Å². The molecule has 1 unspecified atom stereocenters. The fourth-order valence-electron chi connectivity index (χ4n) is 1.60. The van der Waals surface area contributed by atoms with Crippen LogP contribution in [0.1, 0.15) is 19.8 Å². The first kappa shape index (κ1) is 15.0. The highest BCUT2D eigenvalue weighted by Gasteiger charge is 2.12. The molecule has 1 atom stereocenters. The van der Waals surface area contributed by atoms with Gasteiger partial charge in [-0.1, -0.05) is 6.92 Å². The third-order valence-corrected chi connectivity index (χ3v) is 2.71. The largest absolute Gasteiger partial charge is 0.351 e. The molecule has 0 fully saturated rings. The van der Waals surface area contributed by atoms with Crippen molar-refractivity contribution in [3.05, 3.63) is 24.3 Å². The molecule has 6 heteroatoms. The molecule has 0 aromatic heterocycles. The summed E-state index contributed by atoms with van der Waals surface area (Å²) < 4.78 is 0. The zero-order chi connectivity index (χ0) is 14.3. The van der Waals surface area contributed by atoms with Gasteiger partial charge in [-0.2, -0.15) is 0 Å². The number of hydrogen-bond acceptors (Lipinski definition) is 3. The molecule has 19 heavy (non-hydrogen) atoms. The summed E-state index contributed by atoms with van der Waals surface area (Å²) in [5.41, 5.74) is 11.7. The normalized spacial score (nSPS) is 11.7. The topological polar surface area (TPSA) is 110 Å². The average Bonchev–Trinajstić information content (AvgIpc) is 2.37. The second kappa shape index (κ2) is 7.38. The van der Waals surface area contributed by atoms with E-state index in [0.717, 1.165) is 12.8 Å². The van der Waals surface area contributed by atoms with Gasteiger partial charge in [0.05, 0.1) is 0 Å². The van der Waals surface area contributed by atoms with Crippen LogP contribution >= 0.6 is 0 Å². The van der Waals surface area contributed by atoms with Crippen LogP contribution < -0.4 is 22.1 Å². The first-order valence-corrected chi connectivity index (χ1v) is 6.20. The summed E-state index contributed by atoms with van der Waals surface area (Å²) in [4.78, 5) is 22.5. The summed E-state index contributed by atoms with van der Waals surface area (Å²) in [6.45, 7) is 2.46. The van der Waals surface area contributed by atoms with E-state index in [4.69, 9.17) is 11.5 Å². The number of carbonyl (C=O) groups excluding carboxylic acids is 2. The van der Waals surface area contributed by atoms with Crippen LogP contribution in [0.15, 0.2) is 24.3 Å². The fraction of sp³-hybridized carbons (Fsp3) is 0.385. The molecule has 6 N–H and O–H groups in total. The van der Waals surface area contributed by atoms with E-state index in [2.05, 4.69) is 10.6 Å². The van der Waals surface area contributed by atoms with Gasteiger partial charge in [-0.15, -0.1) is 0 Å². The summed E-state index contributed by atoms with van der Waals surface area (Å²) in [5, 5.41) is 5.26. The monoisotopic (exact) mass is 264 g/mol. The van der Waals surface area contributed by atoms with Gasteiger partial charge in [0.25, 0.3) is 0 Å². The highest BCUT2D eigenvalue weighted by molar-refractivity contribution is 5.93. The van der Waals surface area contributed by atoms with Crippen molar-refractivity contribution < 1.29 is 9.59 Å². The number of rotatable bonds is 6. The minimum atomic E-state index is -0.618. The van der Waals surface area contributed by atoms with Crippen molar-refractivity contribution in [1.82, 2.24) is 0 Å². The lowest BCUT2D eigenvalue weighted by atomic mass is 10.0. The molecular formula is C13H20N4O2. The zero-order valence-corrected chi connectivity index (χ0v) is 11.0. The first-order valence-electron chi connectivity index (χ1n) is 6.20. The van der Waals surface area contributed by atoms with E-state index < -0.39 is 6.03 Å². The molecule has 0 bridgehead atoms. The van der Waals surface area contributed by atoms with Crippen molar-refractivity contribution in [2.24, 2.45) is 17.4 Å². The number of amides is 3. The second-order valence-electron chi connectivity index (χ2n) is 4.39. The Morgan fingerprint density at radius 2 is 1.68 bits per heavy atom. The Bertz CT molecular complexity index is 431. The number of urea groups is 1. The molecule has 0 aliphatic carbocycles. The van der Waals surface area contributed by atoms with Crippen LogP contribution in [-0.4, -0.2) is 18.5 Å². The lowest BCUT2D eigenvalue weighted by Gasteiger charge is -2.12. The quantitative estimate of drug-likeness (QED) is 0.624. The third-order valence-electron chi connectivity index (χ3n) is 2.71. The van der Waals surface area contributed by atoms with Gasteiger partial charge in [-0.25, -0.2) is 4.79 Å². The number of nitrogens with one attached hydrogen (secondary N) is 2. The summed E-state index contributed by atoms with van der Waals surface area (Å²) >= 11 is 0. The van der Waals surface area contributed by atoms with E-state index in [1.54, 1.807) is 24.3 Å². The van der Waals surface area contributed by atoms with Crippen LogP contribution in [0.2, 0.25) is 0 Å². The number of anilines is 2. The van der Waals surface area contributed by atoms with Gasteiger partial charge >= 0.3 is 6.03 Å². The Balaban J connectivity index is 2.52. The molecule has 3 amide bonds. The summed E-state index contributed by atoms with van der Waals surface area (Å²) in [6, 6.07) is 6.14. The van der Waals surface area contributed by atoms with Gasteiger partial charge in [0.15, 0.2) is 0 Å². The molecule has 0 aliphatic rings. The van der Waals surface area contributed by atoms with Crippen molar-refractivity contribution in [3.63, 3.8) is 0 Å². The fourth-order valence-corrected chi connectivity index (χ4v) is 1.60. The molecule has 0 heterocycles. The Kier molecular flexibility index (Phi) is 5.81. The van der Waals surface area contributed by atoms with Crippen molar-refractivity contribution in [3.8, 4) is 0 Å². The maximum Gasteiger partial charge on any atom is 0.316 e. The standard InChI is InChI=1S/C13H20N4O2/c1-9(3-2-8-14)12(18)16-10-4-6-11(7-5-10)17-13(15)19/h4-7,9H,2-3,8,14H2,1H3,(H,16,18)(H3,15,17,19). The molecule has 1 aromatic rings. The number of hydrogen-bond donors (Lipinski definition) is 4. The number of nitrogens with two attached hydrogens (primary N) is 2. The van der Waals surface area contributed by atoms with Gasteiger partial charge < -0.3 is 22.1 Å². The molecular weight excluding hydrogens is 244 g/mol. The van der Waals surface area contributed by atoms with Crippen LogP contribution in [-0.2, 0) is 4.79 Å². The minimum absolute atomic E-state index is 0.0379. The number of benzene rings is 1. The smallest absolute Gasteiger partial charge is 0.316 e. The molecule has 0 radical (unpaired) electrons. The number of primary amides is 1. The van der Waals surface area contributed by atoms with Gasteiger partial charge in [-0.05, 0) is 43.7 Å². The van der Waals surface area contributed by atoms with Gasteiger partial charge in [-0.3, -0.25) is 4.79 Å². The molecule has 0 aliphatic heterocycles. The SMILES string of the molecule is CC(CCCN)C(=O)Nc1ccc(NC(N)=O)cc1. The van der Waals surface area contributed by atoms with Crippen molar-refractivity contribution >= 4 is 23.3 Å². The van der Waals surface area contributed by atoms with Gasteiger partial charge in [0, 0.05) is 17.3 Å². The molecule has 0 spiro atoms. The van der Waals surface area contributed by atoms with Gasteiger partial charge in [0.2, 0.25) is 5.91 Å². The number of carbonyl (C=O) groups is 2. The van der Waals surface area contributed by atoms with E-state index in [0.29, 0.717) is 17.9 Å². The highest BCUT2D eigenvalue weighted by atomic mass is 16.2. The highest BCUT2D eigenvalue weighted by Crippen LogP contribution is 2.15. The maximum absolute atomic E-state index is 11.8. The van der Waals surface area contributed by atoms with E-state index in [1.807, 2.05) is 6.92 Å². The molecule has 0 saturated carbocycles. The molecule has 104 valence electrons. The van der Waals surface area contributed by atoms with Crippen LogP contribution in [0.3, 0.4) is 0 Å². The Morgan fingerprint density at radius 3 is 2.16 bits per heavy atom. The van der Waals surface area contributed by atoms with E-state index in [-0.39, 0.29) is 11.8 Å². The van der Waals surface area contributed by atoms with E-state index in [1.165, 1.54) is 0 Å². The molecule has 1 rings (SSSR count). The predicted molar refractivity (Wildman–Crippen MR) is 75.7 cm³/mol. The molecule has 6 nitrogen and oxygen atoms in total. The van der Waals surface area contributed by atoms with Crippen LogP contribution in [0.5, 0.6) is 0 Å². The lowest BCUT2D eigenvalue weighted by molar-refractivity contribution is -0.119. The lowest BCUT2D eigenvalue weighted by Crippen LogP contribution is -2.21. The van der Waals surface area contributed by atoms with E-state index in [9.17, 15) is 9.59 Å². The molecule has 1 aromatic carbocycles. The van der Waals surface area contributed by atoms with Crippen LogP contribution in [0.4, 0.5) is 16.2 Å². The summed E-state index contributed by atoms with van der Waals surface area (Å²) in [6.07, 6.45) is 1.60. The Morgan fingerprint density at radius 1 is 1.16 bits per heavy atom. The molecule has 0 saturated heterocycles. The Labute approximate surface area is 112 Å². The van der Waals surface area contributed by atoms with E-state index >= 15 is 0 Å². The van der Waals surface area contributed by atoms with Crippen molar-refractivity contribution in [1.29, 1.82) is 0 Å². The van der Waals surface area contributed by atoms with Crippen LogP contribution in [0.25, 0.3) is 0 Å². The van der Waals surface area contributed by atoms with Crippen molar-refractivity contribution in [2.45, 2.75) is 19.8 Å². The minimum Gasteiger partial charge on any atom is -0.351 e. The maximum atomic E-state index is 11.8. The van der Waals surface area contributed by atoms with Crippen LogP contribution in [0, 0.1) is 5.92 Å². The second-order valence-corrected chi connectivity index (χ2v) is 4.39. The van der Waals surface area contributed by atoms with Gasteiger partial charge in [0.1, 0.15) is 0 Å². The first-order chi connectivity index (χ1) is 9.02. The average molecular weight is 264 g/mol.